The minimum Gasteiger partial charge on any atom is -0.465 e. The molecule has 160 valence electrons. The van der Waals surface area contributed by atoms with E-state index >= 15 is 0 Å². The van der Waals surface area contributed by atoms with E-state index in [1.54, 1.807) is 4.90 Å². The Morgan fingerprint density at radius 2 is 1.72 bits per heavy atom. The van der Waals surface area contributed by atoms with Crippen LogP contribution >= 0.6 is 0 Å². The molecular weight excluding hydrogens is 408 g/mol. The van der Waals surface area contributed by atoms with Gasteiger partial charge in [0.2, 0.25) is 5.91 Å². The molecule has 1 unspecified atom stereocenters. The molecule has 2 saturated heterocycles. The number of carboxylic acid groups (broad SMARTS) is 1. The fourth-order valence-corrected chi connectivity index (χ4v) is 4.48. The standard InChI is InChI=1S/C18H23F2N3O5S/c1-29(27,28)12-9-13(19)16(14(20)10-12)21-15-3-2-6-23(17(15)24)11-4-7-22(8-5-11)18(25)26/h9-11,15,21H,2-8H2,1H3,(H,25,26). The molecule has 29 heavy (non-hydrogen) atoms. The number of piperidine rings is 2. The van der Waals surface area contributed by atoms with Crippen molar-refractivity contribution in [1.29, 1.82) is 0 Å². The third-order valence-electron chi connectivity index (χ3n) is 5.41. The number of hydrogen-bond donors (Lipinski definition) is 2. The Balaban J connectivity index is 1.72. The van der Waals surface area contributed by atoms with E-state index in [4.69, 9.17) is 5.11 Å². The molecule has 1 atom stereocenters. The molecule has 2 amide bonds. The number of sulfone groups is 1. The quantitative estimate of drug-likeness (QED) is 0.754. The average Bonchev–Trinajstić information content (AvgIpc) is 2.65. The van der Waals surface area contributed by atoms with Crippen LogP contribution < -0.4 is 5.32 Å². The highest BCUT2D eigenvalue weighted by atomic mass is 32.2. The van der Waals surface area contributed by atoms with Crippen molar-refractivity contribution in [3.05, 3.63) is 23.8 Å². The Bertz CT molecular complexity index is 893. The second-order valence-corrected chi connectivity index (χ2v) is 9.42. The lowest BCUT2D eigenvalue weighted by atomic mass is 9.97. The molecule has 0 aliphatic carbocycles. The largest absolute Gasteiger partial charge is 0.465 e. The Morgan fingerprint density at radius 3 is 2.24 bits per heavy atom. The van der Waals surface area contributed by atoms with Crippen molar-refractivity contribution in [2.45, 2.75) is 42.7 Å². The van der Waals surface area contributed by atoms with Crippen LogP contribution in [0.2, 0.25) is 0 Å². The van der Waals surface area contributed by atoms with Crippen LogP contribution in [-0.4, -0.2) is 73.3 Å². The first kappa shape index (κ1) is 21.3. The van der Waals surface area contributed by atoms with Gasteiger partial charge in [-0.25, -0.2) is 22.0 Å². The van der Waals surface area contributed by atoms with E-state index in [0.29, 0.717) is 45.3 Å². The van der Waals surface area contributed by atoms with Gasteiger partial charge in [-0.1, -0.05) is 0 Å². The predicted octanol–water partition coefficient (Wildman–Crippen LogP) is 1.91. The van der Waals surface area contributed by atoms with Crippen molar-refractivity contribution in [1.82, 2.24) is 9.80 Å². The van der Waals surface area contributed by atoms with E-state index in [0.717, 1.165) is 18.4 Å². The summed E-state index contributed by atoms with van der Waals surface area (Å²) in [5, 5.41) is 11.6. The molecule has 0 aromatic heterocycles. The summed E-state index contributed by atoms with van der Waals surface area (Å²) < 4.78 is 51.7. The number of nitrogens with one attached hydrogen (secondary N) is 1. The maximum Gasteiger partial charge on any atom is 0.407 e. The van der Waals surface area contributed by atoms with Crippen LogP contribution in [0.1, 0.15) is 25.7 Å². The maximum atomic E-state index is 14.3. The molecule has 2 N–H and O–H groups in total. The molecule has 2 aliphatic heterocycles. The average molecular weight is 431 g/mol. The van der Waals surface area contributed by atoms with Crippen LogP contribution in [0.25, 0.3) is 0 Å². The second-order valence-electron chi connectivity index (χ2n) is 7.41. The summed E-state index contributed by atoms with van der Waals surface area (Å²) in [5.41, 5.74) is -0.529. The SMILES string of the molecule is CS(=O)(=O)c1cc(F)c(NC2CCCN(C3CCN(C(=O)O)CC3)C2=O)c(F)c1. The highest BCUT2D eigenvalue weighted by Gasteiger charge is 2.36. The summed E-state index contributed by atoms with van der Waals surface area (Å²) in [7, 11) is -3.77. The Kier molecular flexibility index (Phi) is 5.97. The van der Waals surface area contributed by atoms with E-state index in [1.807, 2.05) is 0 Å². The molecule has 1 aromatic rings. The summed E-state index contributed by atoms with van der Waals surface area (Å²) in [6.45, 7) is 1.17. The van der Waals surface area contributed by atoms with Crippen molar-refractivity contribution >= 4 is 27.5 Å². The number of likely N-dealkylation sites (tertiary alicyclic amines) is 2. The zero-order valence-electron chi connectivity index (χ0n) is 15.9. The van der Waals surface area contributed by atoms with E-state index < -0.39 is 44.2 Å². The fourth-order valence-electron chi connectivity index (χ4n) is 3.84. The topological polar surface area (TPSA) is 107 Å². The number of hydrogen-bond acceptors (Lipinski definition) is 5. The summed E-state index contributed by atoms with van der Waals surface area (Å²) in [6, 6.07) is 0.500. The number of nitrogens with zero attached hydrogens (tertiary/aromatic N) is 2. The van der Waals surface area contributed by atoms with Crippen LogP contribution in [-0.2, 0) is 14.6 Å². The zero-order chi connectivity index (χ0) is 21.3. The fraction of sp³-hybridized carbons (Fsp3) is 0.556. The van der Waals surface area contributed by atoms with Gasteiger partial charge < -0.3 is 20.2 Å². The molecule has 8 nitrogen and oxygen atoms in total. The zero-order valence-corrected chi connectivity index (χ0v) is 16.7. The summed E-state index contributed by atoms with van der Waals surface area (Å²) >= 11 is 0. The lowest BCUT2D eigenvalue weighted by molar-refractivity contribution is -0.137. The second kappa shape index (κ2) is 8.13. The monoisotopic (exact) mass is 431 g/mol. The first-order chi connectivity index (χ1) is 13.6. The molecule has 2 heterocycles. The number of halogens is 2. The van der Waals surface area contributed by atoms with Crippen LogP contribution in [0.4, 0.5) is 19.3 Å². The Morgan fingerprint density at radius 1 is 1.14 bits per heavy atom. The van der Waals surface area contributed by atoms with E-state index in [9.17, 15) is 26.8 Å². The molecule has 0 bridgehead atoms. The Labute approximate surface area is 167 Å². The lowest BCUT2D eigenvalue weighted by Gasteiger charge is -2.41. The van der Waals surface area contributed by atoms with Gasteiger partial charge in [0.05, 0.1) is 4.90 Å². The van der Waals surface area contributed by atoms with Gasteiger partial charge in [0.25, 0.3) is 0 Å². The number of anilines is 1. The van der Waals surface area contributed by atoms with Gasteiger partial charge in [-0.2, -0.15) is 0 Å². The van der Waals surface area contributed by atoms with E-state index in [2.05, 4.69) is 5.32 Å². The molecule has 11 heteroatoms. The van der Waals surface area contributed by atoms with Gasteiger partial charge in [0.15, 0.2) is 21.5 Å². The summed E-state index contributed by atoms with van der Waals surface area (Å²) in [4.78, 5) is 26.4. The van der Waals surface area contributed by atoms with Crippen molar-refractivity contribution in [2.75, 3.05) is 31.2 Å². The smallest absolute Gasteiger partial charge is 0.407 e. The molecule has 0 spiro atoms. The first-order valence-corrected chi connectivity index (χ1v) is 11.2. The van der Waals surface area contributed by atoms with E-state index in [1.165, 1.54) is 4.90 Å². The number of amides is 2. The number of benzene rings is 1. The van der Waals surface area contributed by atoms with Crippen molar-refractivity contribution in [2.24, 2.45) is 0 Å². The maximum absolute atomic E-state index is 14.3. The molecule has 2 fully saturated rings. The highest BCUT2D eigenvalue weighted by molar-refractivity contribution is 7.90. The molecule has 2 aliphatic rings. The molecule has 3 rings (SSSR count). The highest BCUT2D eigenvalue weighted by Crippen LogP contribution is 2.28. The first-order valence-electron chi connectivity index (χ1n) is 9.32. The lowest BCUT2D eigenvalue weighted by Crippen LogP contribution is -2.55. The Hall–Kier alpha value is -2.43. The number of carbonyl (C=O) groups is 2. The van der Waals surface area contributed by atoms with Crippen molar-refractivity contribution in [3.8, 4) is 0 Å². The van der Waals surface area contributed by atoms with Gasteiger partial charge >= 0.3 is 6.09 Å². The van der Waals surface area contributed by atoms with E-state index in [-0.39, 0.29) is 11.9 Å². The summed E-state index contributed by atoms with van der Waals surface area (Å²) in [6.07, 6.45) is 1.90. The minimum atomic E-state index is -3.77. The van der Waals surface area contributed by atoms with Crippen LogP contribution in [0, 0.1) is 11.6 Å². The predicted molar refractivity (Wildman–Crippen MR) is 100 cm³/mol. The minimum absolute atomic E-state index is 0.120. The van der Waals surface area contributed by atoms with Gasteiger partial charge in [-0.05, 0) is 37.8 Å². The third-order valence-corrected chi connectivity index (χ3v) is 6.50. The molecule has 0 radical (unpaired) electrons. The van der Waals surface area contributed by atoms with Gasteiger partial charge in [0.1, 0.15) is 11.7 Å². The van der Waals surface area contributed by atoms with Crippen molar-refractivity contribution in [3.63, 3.8) is 0 Å². The summed E-state index contributed by atoms with van der Waals surface area (Å²) in [5.74, 6) is -2.45. The molecule has 1 aromatic carbocycles. The normalized spacial score (nSPS) is 21.3. The van der Waals surface area contributed by atoms with Crippen molar-refractivity contribution < 1.29 is 31.9 Å². The van der Waals surface area contributed by atoms with Crippen LogP contribution in [0.5, 0.6) is 0 Å². The van der Waals surface area contributed by atoms with Gasteiger partial charge in [-0.3, -0.25) is 4.79 Å². The van der Waals surface area contributed by atoms with Crippen LogP contribution in [0.3, 0.4) is 0 Å². The molecule has 0 saturated carbocycles. The van der Waals surface area contributed by atoms with Gasteiger partial charge in [0, 0.05) is 31.9 Å². The van der Waals surface area contributed by atoms with Gasteiger partial charge in [-0.15, -0.1) is 0 Å². The van der Waals surface area contributed by atoms with Crippen LogP contribution in [0.15, 0.2) is 17.0 Å². The molecular formula is C18H23F2N3O5S. The number of carbonyl (C=O) groups excluding carboxylic acids is 1. The third kappa shape index (κ3) is 4.60. The number of rotatable bonds is 4.